The third-order valence-corrected chi connectivity index (χ3v) is 5.24. The van der Waals surface area contributed by atoms with Crippen molar-refractivity contribution in [3.8, 4) is 0 Å². The molecule has 1 heterocycles. The van der Waals surface area contributed by atoms with E-state index in [1.54, 1.807) is 6.07 Å². The number of carbonyl (C=O) groups excluding carboxylic acids is 2. The maximum Gasteiger partial charge on any atom is 0.338 e. The number of aromatic nitrogens is 1. The first kappa shape index (κ1) is 19.8. The Hall–Kier alpha value is -2.99. The molecule has 1 N–H and O–H groups in total. The first-order valence-corrected chi connectivity index (χ1v) is 9.83. The highest BCUT2D eigenvalue weighted by Gasteiger charge is 2.12. The van der Waals surface area contributed by atoms with Crippen LogP contribution in [0.4, 0.5) is 5.69 Å². The number of aryl methyl sites for hydroxylation is 3. The fraction of sp³-hybridized carbons (Fsp3) is 0.227. The molecule has 0 aliphatic heterocycles. The van der Waals surface area contributed by atoms with Gasteiger partial charge >= 0.3 is 5.97 Å². The van der Waals surface area contributed by atoms with Gasteiger partial charge in [0.05, 0.1) is 17.7 Å². The van der Waals surface area contributed by atoms with E-state index in [0.717, 1.165) is 22.4 Å². The van der Waals surface area contributed by atoms with Crippen molar-refractivity contribution in [3.05, 3.63) is 80.8 Å². The van der Waals surface area contributed by atoms with Crippen LogP contribution in [0.3, 0.4) is 0 Å². The lowest BCUT2D eigenvalue weighted by Crippen LogP contribution is -2.14. The number of thiazole rings is 1. The van der Waals surface area contributed by atoms with Gasteiger partial charge in [0.15, 0.2) is 0 Å². The molecule has 1 aromatic heterocycles. The third kappa shape index (κ3) is 5.27. The molecular weight excluding hydrogens is 372 g/mol. The fourth-order valence-electron chi connectivity index (χ4n) is 2.57. The van der Waals surface area contributed by atoms with Crippen LogP contribution in [0.1, 0.15) is 37.7 Å². The normalized spacial score (nSPS) is 10.5. The Labute approximate surface area is 168 Å². The molecule has 144 valence electrons. The molecule has 0 saturated carbocycles. The Morgan fingerprint density at radius 3 is 2.50 bits per heavy atom. The van der Waals surface area contributed by atoms with Crippen molar-refractivity contribution in [3.63, 3.8) is 0 Å². The van der Waals surface area contributed by atoms with Gasteiger partial charge in [0.2, 0.25) is 5.91 Å². The van der Waals surface area contributed by atoms with Gasteiger partial charge in [-0.2, -0.15) is 0 Å². The van der Waals surface area contributed by atoms with E-state index in [1.165, 1.54) is 11.3 Å². The van der Waals surface area contributed by atoms with Crippen LogP contribution >= 0.6 is 11.3 Å². The number of hydrogen-bond acceptors (Lipinski definition) is 5. The van der Waals surface area contributed by atoms with Gasteiger partial charge in [-0.05, 0) is 56.2 Å². The Bertz CT molecular complexity index is 993. The standard InChI is InChI=1S/C22H22N2O3S/c1-14-4-8-18(9-5-14)23-20(25)11-21-24-19(13-28-21)12-27-22(26)17-7-6-15(2)16(3)10-17/h4-10,13H,11-12H2,1-3H3,(H,23,25). The zero-order chi connectivity index (χ0) is 20.1. The van der Waals surface area contributed by atoms with Crippen LogP contribution in [-0.4, -0.2) is 16.9 Å². The average Bonchev–Trinajstić information content (AvgIpc) is 3.11. The number of carbonyl (C=O) groups is 2. The summed E-state index contributed by atoms with van der Waals surface area (Å²) in [5.74, 6) is -0.508. The number of nitrogens with one attached hydrogen (secondary N) is 1. The van der Waals surface area contributed by atoms with E-state index in [0.29, 0.717) is 16.3 Å². The van der Waals surface area contributed by atoms with E-state index >= 15 is 0 Å². The number of nitrogens with zero attached hydrogens (tertiary/aromatic N) is 1. The van der Waals surface area contributed by atoms with Gasteiger partial charge in [-0.15, -0.1) is 11.3 Å². The van der Waals surface area contributed by atoms with Crippen molar-refractivity contribution in [2.24, 2.45) is 0 Å². The van der Waals surface area contributed by atoms with Crippen LogP contribution in [-0.2, 0) is 22.6 Å². The third-order valence-electron chi connectivity index (χ3n) is 4.34. The first-order valence-electron chi connectivity index (χ1n) is 8.95. The Morgan fingerprint density at radius 1 is 1.04 bits per heavy atom. The summed E-state index contributed by atoms with van der Waals surface area (Å²) >= 11 is 1.38. The monoisotopic (exact) mass is 394 g/mol. The second kappa shape index (κ2) is 8.80. The molecule has 0 radical (unpaired) electrons. The molecule has 5 nitrogen and oxygen atoms in total. The predicted octanol–water partition coefficient (Wildman–Crippen LogP) is 4.61. The van der Waals surface area contributed by atoms with Crippen molar-refractivity contribution in [2.45, 2.75) is 33.8 Å². The molecule has 0 saturated heterocycles. The number of anilines is 1. The summed E-state index contributed by atoms with van der Waals surface area (Å²) in [4.78, 5) is 28.7. The van der Waals surface area contributed by atoms with E-state index < -0.39 is 0 Å². The van der Waals surface area contributed by atoms with Crippen molar-refractivity contribution in [1.82, 2.24) is 4.98 Å². The van der Waals surface area contributed by atoms with Crippen molar-refractivity contribution < 1.29 is 14.3 Å². The molecule has 0 aliphatic rings. The molecule has 1 amide bonds. The van der Waals surface area contributed by atoms with E-state index in [4.69, 9.17) is 4.74 Å². The number of rotatable bonds is 6. The highest BCUT2D eigenvalue weighted by atomic mass is 32.1. The molecule has 0 spiro atoms. The van der Waals surface area contributed by atoms with Crippen molar-refractivity contribution in [2.75, 3.05) is 5.32 Å². The Balaban J connectivity index is 1.52. The van der Waals surface area contributed by atoms with Gasteiger partial charge in [0.25, 0.3) is 0 Å². The summed E-state index contributed by atoms with van der Waals surface area (Å²) in [7, 11) is 0. The second-order valence-electron chi connectivity index (χ2n) is 6.70. The zero-order valence-electron chi connectivity index (χ0n) is 16.1. The number of amides is 1. The van der Waals surface area contributed by atoms with Crippen molar-refractivity contribution >= 4 is 28.9 Å². The number of ether oxygens (including phenoxy) is 1. The van der Waals surface area contributed by atoms with E-state index in [1.807, 2.05) is 62.5 Å². The first-order chi connectivity index (χ1) is 13.4. The lowest BCUT2D eigenvalue weighted by Gasteiger charge is -2.05. The van der Waals surface area contributed by atoms with Gasteiger partial charge in [-0.3, -0.25) is 4.79 Å². The second-order valence-corrected chi connectivity index (χ2v) is 7.64. The van der Waals surface area contributed by atoms with Crippen LogP contribution < -0.4 is 5.32 Å². The number of hydrogen-bond donors (Lipinski definition) is 1. The molecule has 3 aromatic rings. The molecule has 0 aliphatic carbocycles. The molecule has 0 atom stereocenters. The van der Waals surface area contributed by atoms with Gasteiger partial charge in [0.1, 0.15) is 11.6 Å². The summed E-state index contributed by atoms with van der Waals surface area (Å²) in [6, 6.07) is 13.1. The molecule has 6 heteroatoms. The molecule has 3 rings (SSSR count). The zero-order valence-corrected chi connectivity index (χ0v) is 16.9. The highest BCUT2D eigenvalue weighted by Crippen LogP contribution is 2.15. The highest BCUT2D eigenvalue weighted by molar-refractivity contribution is 7.09. The summed E-state index contributed by atoms with van der Waals surface area (Å²) in [5.41, 5.74) is 5.23. The molecule has 2 aromatic carbocycles. The lowest BCUT2D eigenvalue weighted by molar-refractivity contribution is -0.115. The minimum absolute atomic E-state index is 0.0852. The van der Waals surface area contributed by atoms with Gasteiger partial charge < -0.3 is 10.1 Å². The summed E-state index contributed by atoms with van der Waals surface area (Å²) in [5, 5.41) is 5.34. The fourth-order valence-corrected chi connectivity index (χ4v) is 3.34. The smallest absolute Gasteiger partial charge is 0.338 e. The average molecular weight is 394 g/mol. The van der Waals surface area contributed by atoms with Crippen LogP contribution in [0.2, 0.25) is 0 Å². The molecule has 0 bridgehead atoms. The largest absolute Gasteiger partial charge is 0.456 e. The Morgan fingerprint density at radius 2 is 1.79 bits per heavy atom. The maximum atomic E-state index is 12.2. The minimum Gasteiger partial charge on any atom is -0.456 e. The van der Waals surface area contributed by atoms with Crippen LogP contribution in [0.15, 0.2) is 47.8 Å². The van der Waals surface area contributed by atoms with Crippen molar-refractivity contribution in [1.29, 1.82) is 0 Å². The predicted molar refractivity (Wildman–Crippen MR) is 111 cm³/mol. The molecule has 0 unspecified atom stereocenters. The number of benzene rings is 2. The summed E-state index contributed by atoms with van der Waals surface area (Å²) in [6.07, 6.45) is 0.184. The van der Waals surface area contributed by atoms with E-state index in [2.05, 4.69) is 10.3 Å². The Kier molecular flexibility index (Phi) is 6.21. The van der Waals surface area contributed by atoms with Crippen LogP contribution in [0, 0.1) is 20.8 Å². The van der Waals surface area contributed by atoms with Gasteiger partial charge in [-0.25, -0.2) is 9.78 Å². The SMILES string of the molecule is Cc1ccc(NC(=O)Cc2nc(COC(=O)c3ccc(C)c(C)c3)cs2)cc1. The van der Waals surface area contributed by atoms with E-state index in [9.17, 15) is 9.59 Å². The minimum atomic E-state index is -0.380. The molecular formula is C22H22N2O3S. The van der Waals surface area contributed by atoms with Gasteiger partial charge in [0, 0.05) is 11.1 Å². The van der Waals surface area contributed by atoms with Crippen LogP contribution in [0.5, 0.6) is 0 Å². The maximum absolute atomic E-state index is 12.2. The topological polar surface area (TPSA) is 68.3 Å². The van der Waals surface area contributed by atoms with Gasteiger partial charge in [-0.1, -0.05) is 23.8 Å². The molecule has 28 heavy (non-hydrogen) atoms. The van der Waals surface area contributed by atoms with E-state index in [-0.39, 0.29) is 24.9 Å². The van der Waals surface area contributed by atoms with Crippen LogP contribution in [0.25, 0.3) is 0 Å². The number of esters is 1. The molecule has 0 fully saturated rings. The lowest BCUT2D eigenvalue weighted by atomic mass is 10.1. The summed E-state index contributed by atoms with van der Waals surface area (Å²) in [6.45, 7) is 6.04. The summed E-state index contributed by atoms with van der Waals surface area (Å²) < 4.78 is 5.34. The quantitative estimate of drug-likeness (QED) is 0.620.